The van der Waals surface area contributed by atoms with Gasteiger partial charge < -0.3 is 18.9 Å². The molecule has 9 nitrogen and oxygen atoms in total. The lowest BCUT2D eigenvalue weighted by Gasteiger charge is -2.24. The summed E-state index contributed by atoms with van der Waals surface area (Å²) < 4.78 is 34.5. The lowest BCUT2D eigenvalue weighted by molar-refractivity contribution is -0.870. The summed E-state index contributed by atoms with van der Waals surface area (Å²) in [5.41, 5.74) is 0. The number of rotatable bonds is 53. The molecular weight excluding hydrogens is 870 g/mol. The highest BCUT2D eigenvalue weighted by molar-refractivity contribution is 7.47. The number of hydrogen-bond acceptors (Lipinski definition) is 7. The van der Waals surface area contributed by atoms with E-state index in [0.29, 0.717) is 23.9 Å². The zero-order valence-corrected chi connectivity index (χ0v) is 46.2. The van der Waals surface area contributed by atoms with Gasteiger partial charge in [0.2, 0.25) is 0 Å². The van der Waals surface area contributed by atoms with Crippen molar-refractivity contribution in [2.45, 2.75) is 277 Å². The predicted molar refractivity (Wildman–Crippen MR) is 289 cm³/mol. The zero-order chi connectivity index (χ0) is 49.9. The third-order valence-corrected chi connectivity index (χ3v) is 13.7. The lowest BCUT2D eigenvalue weighted by Crippen LogP contribution is -2.37. The van der Waals surface area contributed by atoms with Crippen LogP contribution in [-0.2, 0) is 32.7 Å². The molecule has 0 spiro atoms. The smallest absolute Gasteiger partial charge is 0.462 e. The normalized spacial score (nSPS) is 13.6. The van der Waals surface area contributed by atoms with Crippen molar-refractivity contribution in [3.05, 3.63) is 36.5 Å². The molecule has 0 aromatic heterocycles. The van der Waals surface area contributed by atoms with Gasteiger partial charge in [-0.2, -0.15) is 0 Å². The molecule has 0 radical (unpaired) electrons. The van der Waals surface area contributed by atoms with Gasteiger partial charge in [-0.3, -0.25) is 18.6 Å². The van der Waals surface area contributed by atoms with Crippen LogP contribution in [0.5, 0.6) is 0 Å². The number of esters is 2. The van der Waals surface area contributed by atoms with E-state index < -0.39 is 26.5 Å². The second-order valence-corrected chi connectivity index (χ2v) is 22.1. The molecule has 2 atom stereocenters. The number of allylic oxidation sites excluding steroid dienone is 6. The molecule has 2 unspecified atom stereocenters. The van der Waals surface area contributed by atoms with Crippen LogP contribution in [0.2, 0.25) is 0 Å². The molecule has 0 rings (SSSR count). The molecule has 0 aromatic carbocycles. The number of ether oxygens (including phenoxy) is 2. The monoisotopic (exact) mass is 981 g/mol. The Morgan fingerprint density at radius 2 is 0.794 bits per heavy atom. The number of likely N-dealkylation sites (N-methyl/N-ethyl adjacent to an activating group) is 1. The van der Waals surface area contributed by atoms with E-state index in [1.807, 2.05) is 21.1 Å². The SMILES string of the molecule is CCCCC/C=C\C/C=C\C/C=C\CCCCCCCCC(=O)OC(COC(=O)CCCCCCCCCCCCCCCCCCCCCCCCCCC)COP(=O)(O)OCC[N+](C)(C)C. The van der Waals surface area contributed by atoms with Crippen molar-refractivity contribution in [1.82, 2.24) is 0 Å². The maximum absolute atomic E-state index is 12.8. The van der Waals surface area contributed by atoms with Gasteiger partial charge in [0.05, 0.1) is 27.7 Å². The van der Waals surface area contributed by atoms with Gasteiger partial charge in [-0.25, -0.2) is 4.57 Å². The van der Waals surface area contributed by atoms with Crippen LogP contribution < -0.4 is 0 Å². The van der Waals surface area contributed by atoms with E-state index in [2.05, 4.69) is 50.3 Å². The number of carbonyl (C=O) groups is 2. The minimum atomic E-state index is -4.39. The molecular formula is C58H111NO8P+. The van der Waals surface area contributed by atoms with Gasteiger partial charge in [-0.1, -0.05) is 243 Å². The van der Waals surface area contributed by atoms with E-state index in [9.17, 15) is 19.0 Å². The van der Waals surface area contributed by atoms with E-state index >= 15 is 0 Å². The van der Waals surface area contributed by atoms with Gasteiger partial charge in [0.15, 0.2) is 6.10 Å². The third-order valence-electron chi connectivity index (χ3n) is 12.7. The van der Waals surface area contributed by atoms with Crippen LogP contribution in [0.15, 0.2) is 36.5 Å². The summed E-state index contributed by atoms with van der Waals surface area (Å²) in [7, 11) is 1.48. The molecule has 1 N–H and O–H groups in total. The summed E-state index contributed by atoms with van der Waals surface area (Å²) in [5, 5.41) is 0. The van der Waals surface area contributed by atoms with E-state index in [1.54, 1.807) is 0 Å². The molecule has 0 aliphatic carbocycles. The fraction of sp³-hybridized carbons (Fsp3) is 0.862. The Hall–Kier alpha value is -1.77. The standard InChI is InChI=1S/C58H110NO8P/c1-6-8-10-12-14-16-18-20-22-24-26-27-28-29-30-31-33-34-36-38-40-42-44-46-48-50-57(60)64-54-56(55-66-68(62,63)65-53-52-59(3,4)5)67-58(61)51-49-47-45-43-41-39-37-35-32-25-23-21-19-17-15-13-11-9-7-2/h15,17,21,23,32,35,56H,6-14,16,18-20,22,24-31,33-34,36-55H2,1-5H3/p+1/b17-15-,23-21-,35-32-. The maximum Gasteiger partial charge on any atom is 0.472 e. The highest BCUT2D eigenvalue weighted by atomic mass is 31.2. The molecule has 0 aromatic rings. The van der Waals surface area contributed by atoms with Crippen LogP contribution >= 0.6 is 7.82 Å². The Labute approximate surface area is 421 Å². The summed E-state index contributed by atoms with van der Waals surface area (Å²) >= 11 is 0. The van der Waals surface area contributed by atoms with Crippen molar-refractivity contribution in [1.29, 1.82) is 0 Å². The maximum atomic E-state index is 12.8. The minimum Gasteiger partial charge on any atom is -0.462 e. The topological polar surface area (TPSA) is 108 Å². The number of phosphoric acid groups is 1. The molecule has 0 heterocycles. The van der Waals surface area contributed by atoms with E-state index in [1.165, 1.54) is 167 Å². The van der Waals surface area contributed by atoms with Crippen LogP contribution in [0, 0.1) is 0 Å². The third kappa shape index (κ3) is 53.6. The van der Waals surface area contributed by atoms with Gasteiger partial charge in [-0.05, 0) is 51.4 Å². The molecule has 0 amide bonds. The Balaban J connectivity index is 4.14. The largest absolute Gasteiger partial charge is 0.472 e. The molecule has 0 aliphatic rings. The average molecular weight is 981 g/mol. The van der Waals surface area contributed by atoms with Gasteiger partial charge >= 0.3 is 19.8 Å². The van der Waals surface area contributed by atoms with Crippen molar-refractivity contribution >= 4 is 19.8 Å². The fourth-order valence-electron chi connectivity index (χ4n) is 8.20. The molecule has 10 heteroatoms. The Morgan fingerprint density at radius 1 is 0.456 bits per heavy atom. The molecule has 0 aliphatic heterocycles. The van der Waals surface area contributed by atoms with Crippen molar-refractivity contribution in [2.24, 2.45) is 0 Å². The van der Waals surface area contributed by atoms with Crippen LogP contribution in [-0.4, -0.2) is 74.9 Å². The van der Waals surface area contributed by atoms with Crippen molar-refractivity contribution in [3.8, 4) is 0 Å². The average Bonchev–Trinajstić information content (AvgIpc) is 3.30. The number of unbranched alkanes of at least 4 members (excludes halogenated alkanes) is 33. The number of quaternary nitrogens is 1. The Bertz CT molecular complexity index is 1250. The Morgan fingerprint density at radius 3 is 1.21 bits per heavy atom. The highest BCUT2D eigenvalue weighted by Gasteiger charge is 2.27. The molecule has 0 saturated heterocycles. The van der Waals surface area contributed by atoms with E-state index in [-0.39, 0.29) is 25.6 Å². The van der Waals surface area contributed by atoms with Crippen LogP contribution in [0.25, 0.3) is 0 Å². The second-order valence-electron chi connectivity index (χ2n) is 20.7. The van der Waals surface area contributed by atoms with Crippen molar-refractivity contribution in [3.63, 3.8) is 0 Å². The quantitative estimate of drug-likeness (QED) is 0.0211. The summed E-state index contributed by atoms with van der Waals surface area (Å²) in [6.07, 6.45) is 60.7. The predicted octanol–water partition coefficient (Wildman–Crippen LogP) is 17.6. The summed E-state index contributed by atoms with van der Waals surface area (Å²) in [6, 6.07) is 0. The summed E-state index contributed by atoms with van der Waals surface area (Å²) in [4.78, 5) is 35.7. The van der Waals surface area contributed by atoms with Gasteiger partial charge in [0.25, 0.3) is 0 Å². The second kappa shape index (κ2) is 50.2. The molecule has 0 fully saturated rings. The molecule has 0 bridgehead atoms. The molecule has 68 heavy (non-hydrogen) atoms. The Kier molecular flexibility index (Phi) is 48.9. The number of nitrogens with zero attached hydrogens (tertiary/aromatic N) is 1. The number of hydrogen-bond donors (Lipinski definition) is 1. The first-order chi connectivity index (χ1) is 33.0. The molecule has 400 valence electrons. The van der Waals surface area contributed by atoms with Crippen LogP contribution in [0.4, 0.5) is 0 Å². The summed E-state index contributed by atoms with van der Waals surface area (Å²) in [5.74, 6) is -0.800. The number of carbonyl (C=O) groups excluding carboxylic acids is 2. The van der Waals surface area contributed by atoms with Gasteiger partial charge in [0.1, 0.15) is 19.8 Å². The van der Waals surface area contributed by atoms with Crippen molar-refractivity contribution in [2.75, 3.05) is 47.5 Å². The summed E-state index contributed by atoms with van der Waals surface area (Å²) in [6.45, 7) is 4.43. The van der Waals surface area contributed by atoms with Gasteiger partial charge in [-0.15, -0.1) is 0 Å². The van der Waals surface area contributed by atoms with E-state index in [4.69, 9.17) is 18.5 Å². The first kappa shape index (κ1) is 66.2. The highest BCUT2D eigenvalue weighted by Crippen LogP contribution is 2.43. The molecule has 0 saturated carbocycles. The van der Waals surface area contributed by atoms with Crippen LogP contribution in [0.1, 0.15) is 271 Å². The fourth-order valence-corrected chi connectivity index (χ4v) is 8.94. The van der Waals surface area contributed by atoms with E-state index in [0.717, 1.165) is 70.6 Å². The van der Waals surface area contributed by atoms with Crippen LogP contribution in [0.3, 0.4) is 0 Å². The van der Waals surface area contributed by atoms with Crippen molar-refractivity contribution < 1.29 is 42.1 Å². The lowest BCUT2D eigenvalue weighted by atomic mass is 10.0. The first-order valence-corrected chi connectivity index (χ1v) is 30.2. The zero-order valence-electron chi connectivity index (χ0n) is 45.4. The first-order valence-electron chi connectivity index (χ1n) is 28.7. The van der Waals surface area contributed by atoms with Gasteiger partial charge in [0, 0.05) is 12.8 Å². The number of phosphoric ester groups is 1. The minimum absolute atomic E-state index is 0.0300.